The van der Waals surface area contributed by atoms with E-state index in [0.717, 1.165) is 12.2 Å². The van der Waals surface area contributed by atoms with Gasteiger partial charge in [0.1, 0.15) is 17.6 Å². The maximum absolute atomic E-state index is 13.1. The van der Waals surface area contributed by atoms with Crippen molar-refractivity contribution < 1.29 is 13.6 Å². The van der Waals surface area contributed by atoms with Gasteiger partial charge >= 0.3 is 0 Å². The molecule has 2 aromatic heterocycles. The molecule has 2 atom stereocenters. The zero-order chi connectivity index (χ0) is 21.1. The second-order valence-electron chi connectivity index (χ2n) is 7.17. The second kappa shape index (κ2) is 8.34. The van der Waals surface area contributed by atoms with Gasteiger partial charge in [-0.2, -0.15) is 10.4 Å². The molecule has 1 aliphatic heterocycles. The van der Waals surface area contributed by atoms with Gasteiger partial charge in [-0.15, -0.1) is 0 Å². The molecule has 1 amide bonds. The largest absolute Gasteiger partial charge is 0.451 e. The lowest BCUT2D eigenvalue weighted by Gasteiger charge is -2.34. The van der Waals surface area contributed by atoms with Crippen molar-refractivity contribution in [1.29, 1.82) is 5.26 Å². The molecule has 0 spiro atoms. The molecule has 1 saturated heterocycles. The summed E-state index contributed by atoms with van der Waals surface area (Å²) in [6.45, 7) is 1.88. The summed E-state index contributed by atoms with van der Waals surface area (Å²) in [6.07, 6.45) is 5.21. The van der Waals surface area contributed by atoms with E-state index in [4.69, 9.17) is 10.2 Å². The van der Waals surface area contributed by atoms with E-state index >= 15 is 0 Å². The van der Waals surface area contributed by atoms with Crippen molar-refractivity contribution in [1.82, 2.24) is 19.7 Å². The number of aromatic nitrogens is 3. The van der Waals surface area contributed by atoms with E-state index in [1.807, 2.05) is 0 Å². The number of hydrogen-bond donors (Lipinski definition) is 2. The van der Waals surface area contributed by atoms with Crippen LogP contribution >= 0.6 is 0 Å². The number of anilines is 2. The maximum Gasteiger partial charge on any atom is 0.254 e. The van der Waals surface area contributed by atoms with Crippen molar-refractivity contribution in [3.8, 4) is 6.07 Å². The number of hydrogen-bond acceptors (Lipinski definition) is 7. The molecular formula is C20H20FN7O2. The van der Waals surface area contributed by atoms with E-state index in [2.05, 4.69) is 26.4 Å². The number of amides is 1. The summed E-state index contributed by atoms with van der Waals surface area (Å²) in [6, 6.07) is 7.84. The zero-order valence-electron chi connectivity index (χ0n) is 16.0. The average molecular weight is 409 g/mol. The molecule has 3 heterocycles. The number of nitriles is 1. The van der Waals surface area contributed by atoms with E-state index in [1.165, 1.54) is 18.5 Å². The Labute approximate surface area is 171 Å². The van der Waals surface area contributed by atoms with Gasteiger partial charge in [0.15, 0.2) is 12.2 Å². The van der Waals surface area contributed by atoms with E-state index in [1.54, 1.807) is 29.3 Å². The first kappa shape index (κ1) is 19.6. The minimum atomic E-state index is -0.636. The highest BCUT2D eigenvalue weighted by molar-refractivity contribution is 5.98. The summed E-state index contributed by atoms with van der Waals surface area (Å²) in [7, 11) is 0. The average Bonchev–Trinajstić information content (AvgIpc) is 3.39. The molecule has 0 aliphatic carbocycles. The molecule has 0 bridgehead atoms. The second-order valence-corrected chi connectivity index (χ2v) is 7.17. The summed E-state index contributed by atoms with van der Waals surface area (Å²) in [5.41, 5.74) is 7.11. The number of nitrogens with two attached hydrogens (primary N) is 1. The van der Waals surface area contributed by atoms with E-state index in [0.29, 0.717) is 25.2 Å². The summed E-state index contributed by atoms with van der Waals surface area (Å²) in [5.74, 6) is -1.06. The van der Waals surface area contributed by atoms with Gasteiger partial charge in [0.05, 0.1) is 23.7 Å². The lowest BCUT2D eigenvalue weighted by atomic mass is 9.93. The van der Waals surface area contributed by atoms with E-state index < -0.39 is 5.91 Å². The summed E-state index contributed by atoms with van der Waals surface area (Å²) in [5, 5.41) is 17.2. The Kier molecular flexibility index (Phi) is 5.45. The highest BCUT2D eigenvalue weighted by atomic mass is 19.1. The molecule has 9 nitrogen and oxygen atoms in total. The number of rotatable bonds is 6. The molecule has 0 radical (unpaired) electrons. The van der Waals surface area contributed by atoms with Crippen LogP contribution in [-0.4, -0.2) is 38.7 Å². The molecule has 1 fully saturated rings. The Morgan fingerprint density at radius 3 is 2.87 bits per heavy atom. The number of halogens is 1. The first-order valence-corrected chi connectivity index (χ1v) is 9.44. The molecule has 154 valence electrons. The fraction of sp³-hybridized carbons (Fsp3) is 0.300. The SMILES string of the molecule is N#C[C@H]1CN(Cc2cocn2)CC[C@@H]1n1cc(C(N)=O)c(Nc2ccc(F)cc2)n1. The number of likely N-dealkylation sites (tertiary alicyclic amines) is 1. The van der Waals surface area contributed by atoms with Crippen molar-refractivity contribution in [2.45, 2.75) is 19.0 Å². The quantitative estimate of drug-likeness (QED) is 0.640. The molecule has 30 heavy (non-hydrogen) atoms. The van der Waals surface area contributed by atoms with Crippen LogP contribution < -0.4 is 11.1 Å². The maximum atomic E-state index is 13.1. The number of carbonyl (C=O) groups is 1. The minimum Gasteiger partial charge on any atom is -0.451 e. The van der Waals surface area contributed by atoms with Crippen molar-refractivity contribution >= 4 is 17.4 Å². The topological polar surface area (TPSA) is 126 Å². The van der Waals surface area contributed by atoms with Gasteiger partial charge in [-0.25, -0.2) is 9.37 Å². The Bertz CT molecular complexity index is 1060. The van der Waals surface area contributed by atoms with Crippen molar-refractivity contribution in [3.05, 3.63) is 60.2 Å². The van der Waals surface area contributed by atoms with Crippen LogP contribution in [0, 0.1) is 23.1 Å². The lowest BCUT2D eigenvalue weighted by molar-refractivity contribution is 0.100. The first-order chi connectivity index (χ1) is 14.5. The van der Waals surface area contributed by atoms with Crippen molar-refractivity contribution in [3.63, 3.8) is 0 Å². The highest BCUT2D eigenvalue weighted by Crippen LogP contribution is 2.30. The molecule has 4 rings (SSSR count). The molecule has 10 heteroatoms. The van der Waals surface area contributed by atoms with Crippen molar-refractivity contribution in [2.24, 2.45) is 11.7 Å². The standard InChI is InChI=1S/C20H20FN7O2/c21-14-1-3-15(4-2-14)25-20-17(19(23)29)10-28(26-20)18-5-6-27(8-13(18)7-22)9-16-11-30-12-24-16/h1-4,10-13,18H,5-6,8-9H2,(H2,23,29)(H,25,26)/t13-,18-/m0/s1. The van der Waals surface area contributed by atoms with Gasteiger partial charge in [-0.05, 0) is 30.7 Å². The number of benzene rings is 1. The third-order valence-electron chi connectivity index (χ3n) is 5.14. The van der Waals surface area contributed by atoms with Gasteiger partial charge in [0.25, 0.3) is 5.91 Å². The molecule has 1 aliphatic rings. The van der Waals surface area contributed by atoms with E-state index in [9.17, 15) is 14.4 Å². The first-order valence-electron chi connectivity index (χ1n) is 9.44. The molecule has 3 aromatic rings. The predicted molar refractivity (Wildman–Crippen MR) is 105 cm³/mol. The van der Waals surface area contributed by atoms with Gasteiger partial charge in [-0.1, -0.05) is 0 Å². The summed E-state index contributed by atoms with van der Waals surface area (Å²) >= 11 is 0. The number of oxazole rings is 1. The minimum absolute atomic E-state index is 0.203. The molecule has 0 saturated carbocycles. The molecule has 1 aromatic carbocycles. The van der Waals surface area contributed by atoms with Gasteiger partial charge in [0.2, 0.25) is 0 Å². The number of piperidine rings is 1. The number of carbonyl (C=O) groups excluding carboxylic acids is 1. The lowest BCUT2D eigenvalue weighted by Crippen LogP contribution is -2.40. The predicted octanol–water partition coefficient (Wildman–Crippen LogP) is 2.44. The number of nitrogens with zero attached hydrogens (tertiary/aromatic N) is 5. The van der Waals surface area contributed by atoms with Crippen molar-refractivity contribution in [2.75, 3.05) is 18.4 Å². The van der Waals surface area contributed by atoms with Gasteiger partial charge in [0, 0.05) is 31.5 Å². The Hall–Kier alpha value is -3.71. The Morgan fingerprint density at radius 1 is 1.40 bits per heavy atom. The van der Waals surface area contributed by atoms with Crippen LogP contribution in [0.5, 0.6) is 0 Å². The highest BCUT2D eigenvalue weighted by Gasteiger charge is 2.32. The zero-order valence-corrected chi connectivity index (χ0v) is 16.0. The smallest absolute Gasteiger partial charge is 0.254 e. The molecule has 0 unspecified atom stereocenters. The fourth-order valence-electron chi connectivity index (χ4n) is 3.64. The monoisotopic (exact) mass is 409 g/mol. The van der Waals surface area contributed by atoms with Gasteiger partial charge in [-0.3, -0.25) is 14.4 Å². The Morgan fingerprint density at radius 2 is 2.20 bits per heavy atom. The molecule has 3 N–H and O–H groups in total. The van der Waals surface area contributed by atoms with Crippen LogP contribution in [0.15, 0.2) is 47.5 Å². The van der Waals surface area contributed by atoms with Crippen LogP contribution in [-0.2, 0) is 6.54 Å². The summed E-state index contributed by atoms with van der Waals surface area (Å²) in [4.78, 5) is 18.2. The van der Waals surface area contributed by atoms with Gasteiger partial charge < -0.3 is 15.5 Å². The van der Waals surface area contributed by atoms with Crippen LogP contribution in [0.2, 0.25) is 0 Å². The summed E-state index contributed by atoms with van der Waals surface area (Å²) < 4.78 is 19.8. The molecular weight excluding hydrogens is 389 g/mol. The van der Waals surface area contributed by atoms with E-state index in [-0.39, 0.29) is 29.2 Å². The number of primary amides is 1. The third kappa shape index (κ3) is 4.16. The van der Waals surface area contributed by atoms with Crippen LogP contribution in [0.1, 0.15) is 28.5 Å². The van der Waals surface area contributed by atoms with Crippen LogP contribution in [0.4, 0.5) is 15.9 Å². The third-order valence-corrected chi connectivity index (χ3v) is 5.14. The van der Waals surface area contributed by atoms with Crippen LogP contribution in [0.3, 0.4) is 0 Å². The number of nitrogens with one attached hydrogen (secondary N) is 1. The van der Waals surface area contributed by atoms with Crippen LogP contribution in [0.25, 0.3) is 0 Å². The fourth-order valence-corrected chi connectivity index (χ4v) is 3.64. The normalized spacial score (nSPS) is 19.3. The Balaban J connectivity index is 1.53.